The molecule has 1 amide bonds. The van der Waals surface area contributed by atoms with Gasteiger partial charge in [-0.1, -0.05) is 36.1 Å². The molecule has 0 bridgehead atoms. The molecule has 1 saturated heterocycles. The van der Waals surface area contributed by atoms with E-state index in [0.29, 0.717) is 20.7 Å². The molecule has 0 spiro atoms. The summed E-state index contributed by atoms with van der Waals surface area (Å²) in [6.45, 7) is -0.0345. The van der Waals surface area contributed by atoms with Gasteiger partial charge in [0.25, 0.3) is 11.6 Å². The molecule has 9 heteroatoms. The molecule has 1 fully saturated rings. The summed E-state index contributed by atoms with van der Waals surface area (Å²) in [7, 11) is 0. The smallest absolute Gasteiger partial charge is 0.270 e. The zero-order valence-electron chi connectivity index (χ0n) is 13.7. The molecule has 1 heterocycles. The first-order valence-corrected chi connectivity index (χ1v) is 8.84. The van der Waals surface area contributed by atoms with Gasteiger partial charge in [-0.25, -0.2) is 0 Å². The lowest BCUT2D eigenvalue weighted by Crippen LogP contribution is -2.27. The maximum Gasteiger partial charge on any atom is 0.270 e. The summed E-state index contributed by atoms with van der Waals surface area (Å²) in [5.74, 6) is 0.274. The van der Waals surface area contributed by atoms with E-state index in [-0.39, 0.29) is 18.2 Å². The summed E-state index contributed by atoms with van der Waals surface area (Å²) < 4.78 is 5.54. The molecule has 27 heavy (non-hydrogen) atoms. The number of non-ortho nitro benzene ring substituents is 1. The van der Waals surface area contributed by atoms with Gasteiger partial charge in [-0.3, -0.25) is 19.8 Å². The first-order chi connectivity index (χ1) is 13.0. The van der Waals surface area contributed by atoms with E-state index < -0.39 is 4.92 Å². The number of ether oxygens (including phenoxy) is 1. The quantitative estimate of drug-likeness (QED) is 0.327. The molecule has 1 aliphatic heterocycles. The molecule has 1 aliphatic rings. The fourth-order valence-electron chi connectivity index (χ4n) is 2.34. The number of hydrogen-bond donors (Lipinski definition) is 0. The van der Waals surface area contributed by atoms with E-state index in [2.05, 4.69) is 0 Å². The Bertz CT molecular complexity index is 979. The maximum absolute atomic E-state index is 12.7. The number of nitro groups is 1. The first-order valence-electron chi connectivity index (χ1n) is 7.62. The Morgan fingerprint density at radius 1 is 1.22 bits per heavy atom. The van der Waals surface area contributed by atoms with Gasteiger partial charge in [0.2, 0.25) is 0 Å². The van der Waals surface area contributed by atoms with Crippen LogP contribution in [0, 0.1) is 21.4 Å². The average molecular weight is 397 g/mol. The third-order valence-corrected chi connectivity index (χ3v) is 4.90. The highest BCUT2D eigenvalue weighted by molar-refractivity contribution is 8.27. The normalized spacial score (nSPS) is 15.1. The minimum Gasteiger partial charge on any atom is -0.479 e. The van der Waals surface area contributed by atoms with E-state index in [1.807, 2.05) is 6.07 Å². The highest BCUT2D eigenvalue weighted by Crippen LogP contribution is 2.36. The van der Waals surface area contributed by atoms with Crippen LogP contribution in [-0.2, 0) is 4.79 Å². The zero-order valence-corrected chi connectivity index (χ0v) is 15.3. The van der Waals surface area contributed by atoms with Gasteiger partial charge in [0.1, 0.15) is 11.8 Å². The number of amides is 1. The molecule has 0 radical (unpaired) electrons. The van der Waals surface area contributed by atoms with Crippen molar-refractivity contribution in [2.45, 2.75) is 0 Å². The van der Waals surface area contributed by atoms with E-state index in [0.717, 1.165) is 17.3 Å². The second-order valence-corrected chi connectivity index (χ2v) is 6.98. The van der Waals surface area contributed by atoms with Crippen LogP contribution in [0.2, 0.25) is 0 Å². The number of benzene rings is 2. The molecule has 2 aromatic rings. The van der Waals surface area contributed by atoms with Crippen molar-refractivity contribution in [3.05, 3.63) is 69.1 Å². The van der Waals surface area contributed by atoms with Gasteiger partial charge in [-0.15, -0.1) is 0 Å². The number of hydrogen-bond acceptors (Lipinski definition) is 7. The third kappa shape index (κ3) is 4.13. The van der Waals surface area contributed by atoms with E-state index in [1.54, 1.807) is 30.3 Å². The Morgan fingerprint density at radius 2 is 1.89 bits per heavy atom. The van der Waals surface area contributed by atoms with Crippen molar-refractivity contribution in [1.82, 2.24) is 0 Å². The second kappa shape index (κ2) is 7.99. The Labute approximate surface area is 164 Å². The van der Waals surface area contributed by atoms with Crippen LogP contribution in [0.5, 0.6) is 5.75 Å². The zero-order chi connectivity index (χ0) is 19.4. The Hall–Kier alpha value is -3.22. The van der Waals surface area contributed by atoms with Gasteiger partial charge in [0.05, 0.1) is 15.5 Å². The summed E-state index contributed by atoms with van der Waals surface area (Å²) in [4.78, 5) is 24.8. The van der Waals surface area contributed by atoms with Gasteiger partial charge in [0.15, 0.2) is 10.9 Å². The molecular formula is C18H11N3O4S2. The van der Waals surface area contributed by atoms with Gasteiger partial charge >= 0.3 is 0 Å². The standard InChI is InChI=1S/C18H11N3O4S2/c19-9-10-25-15-7-1-12(2-8-15)11-16-17(22)20(18(26)27-16)13-3-5-14(6-4-13)21(23)24/h1-8,11H,10H2/b16-11+. The molecule has 0 atom stereocenters. The van der Waals surface area contributed by atoms with Crippen LogP contribution in [0.1, 0.15) is 5.56 Å². The lowest BCUT2D eigenvalue weighted by atomic mass is 10.2. The number of rotatable bonds is 5. The molecule has 0 saturated carbocycles. The highest BCUT2D eigenvalue weighted by atomic mass is 32.2. The molecule has 0 aliphatic carbocycles. The Kier molecular flexibility index (Phi) is 5.49. The van der Waals surface area contributed by atoms with E-state index in [4.69, 9.17) is 22.2 Å². The van der Waals surface area contributed by atoms with Crippen LogP contribution < -0.4 is 9.64 Å². The number of carbonyl (C=O) groups excluding carboxylic acids is 1. The van der Waals surface area contributed by atoms with Crippen LogP contribution in [-0.4, -0.2) is 21.8 Å². The fourth-order valence-corrected chi connectivity index (χ4v) is 3.64. The maximum atomic E-state index is 12.7. The van der Waals surface area contributed by atoms with Crippen LogP contribution in [0.3, 0.4) is 0 Å². The highest BCUT2D eigenvalue weighted by Gasteiger charge is 2.33. The monoisotopic (exact) mass is 397 g/mol. The Morgan fingerprint density at radius 3 is 2.48 bits per heavy atom. The number of thioether (sulfide) groups is 1. The van der Waals surface area contributed by atoms with Gasteiger partial charge in [-0.05, 0) is 35.9 Å². The molecule has 134 valence electrons. The lowest BCUT2D eigenvalue weighted by molar-refractivity contribution is -0.384. The van der Waals surface area contributed by atoms with Crippen molar-refractivity contribution in [3.63, 3.8) is 0 Å². The second-order valence-electron chi connectivity index (χ2n) is 5.31. The summed E-state index contributed by atoms with van der Waals surface area (Å²) in [5.41, 5.74) is 1.20. The van der Waals surface area contributed by atoms with Crippen molar-refractivity contribution in [2.75, 3.05) is 11.5 Å². The van der Waals surface area contributed by atoms with E-state index in [9.17, 15) is 14.9 Å². The van der Waals surface area contributed by atoms with Crippen LogP contribution in [0.25, 0.3) is 6.08 Å². The van der Waals surface area contributed by atoms with Crippen LogP contribution in [0.15, 0.2) is 53.4 Å². The first kappa shape index (κ1) is 18.6. The topological polar surface area (TPSA) is 96.5 Å². The minimum atomic E-state index is -0.502. The number of thiocarbonyl (C=S) groups is 1. The molecule has 0 N–H and O–H groups in total. The number of carbonyl (C=O) groups is 1. The van der Waals surface area contributed by atoms with E-state index in [1.165, 1.54) is 29.2 Å². The fraction of sp³-hybridized carbons (Fsp3) is 0.0556. The lowest BCUT2D eigenvalue weighted by Gasteiger charge is -2.13. The molecule has 3 rings (SSSR count). The van der Waals surface area contributed by atoms with Crippen molar-refractivity contribution < 1.29 is 14.5 Å². The molecule has 2 aromatic carbocycles. The molecule has 0 aromatic heterocycles. The number of nitro benzene ring substituents is 1. The van der Waals surface area contributed by atoms with Crippen LogP contribution in [0.4, 0.5) is 11.4 Å². The molecule has 7 nitrogen and oxygen atoms in total. The predicted molar refractivity (Wildman–Crippen MR) is 106 cm³/mol. The summed E-state index contributed by atoms with van der Waals surface area (Å²) in [6.07, 6.45) is 1.71. The summed E-state index contributed by atoms with van der Waals surface area (Å²) in [5, 5.41) is 19.3. The minimum absolute atomic E-state index is 0.0345. The largest absolute Gasteiger partial charge is 0.479 e. The van der Waals surface area contributed by atoms with Crippen molar-refractivity contribution >= 4 is 51.7 Å². The summed E-state index contributed by atoms with van der Waals surface area (Å²) in [6, 6.07) is 14.5. The van der Waals surface area contributed by atoms with Crippen molar-refractivity contribution in [3.8, 4) is 11.8 Å². The van der Waals surface area contributed by atoms with Gasteiger partial charge in [-0.2, -0.15) is 5.26 Å². The van der Waals surface area contributed by atoms with Crippen molar-refractivity contribution in [1.29, 1.82) is 5.26 Å². The number of anilines is 1. The van der Waals surface area contributed by atoms with Crippen LogP contribution >= 0.6 is 24.0 Å². The average Bonchev–Trinajstić information content (AvgIpc) is 2.94. The van der Waals surface area contributed by atoms with Gasteiger partial charge in [0, 0.05) is 12.1 Å². The summed E-state index contributed by atoms with van der Waals surface area (Å²) >= 11 is 6.45. The molecule has 0 unspecified atom stereocenters. The predicted octanol–water partition coefficient (Wildman–Crippen LogP) is 3.90. The van der Waals surface area contributed by atoms with Gasteiger partial charge < -0.3 is 4.74 Å². The number of nitriles is 1. The third-order valence-electron chi connectivity index (χ3n) is 3.59. The Balaban J connectivity index is 1.80. The SMILES string of the molecule is N#CCOc1ccc(/C=C2/SC(=S)N(c3ccc([N+](=O)[O-])cc3)C2=O)cc1. The number of nitrogens with zero attached hydrogens (tertiary/aromatic N) is 3. The molecular weight excluding hydrogens is 386 g/mol. The van der Waals surface area contributed by atoms with Crippen molar-refractivity contribution in [2.24, 2.45) is 0 Å². The van der Waals surface area contributed by atoms with E-state index >= 15 is 0 Å².